The Balaban J connectivity index is 2.17. The van der Waals surface area contributed by atoms with Gasteiger partial charge in [-0.25, -0.2) is 4.98 Å². The highest BCUT2D eigenvalue weighted by atomic mass is 16.1. The average Bonchev–Trinajstić information content (AvgIpc) is 2.42. The molecule has 0 fully saturated rings. The van der Waals surface area contributed by atoms with Crippen molar-refractivity contribution in [1.82, 2.24) is 9.97 Å². The first-order valence-corrected chi connectivity index (χ1v) is 6.55. The van der Waals surface area contributed by atoms with Crippen molar-refractivity contribution in [3.63, 3.8) is 0 Å². The predicted octanol–water partition coefficient (Wildman–Crippen LogP) is 2.78. The van der Waals surface area contributed by atoms with Crippen molar-refractivity contribution >= 4 is 17.4 Å². The molecule has 0 atom stereocenters. The average molecular weight is 270 g/mol. The molecule has 2 N–H and O–H groups in total. The van der Waals surface area contributed by atoms with E-state index in [-0.39, 0.29) is 5.91 Å². The van der Waals surface area contributed by atoms with Crippen LogP contribution in [0.4, 0.5) is 11.5 Å². The fraction of sp³-hybridized carbons (Fsp3) is 0.267. The van der Waals surface area contributed by atoms with Crippen LogP contribution in [0.2, 0.25) is 0 Å². The largest absolute Gasteiger partial charge is 0.370 e. The monoisotopic (exact) mass is 270 g/mol. The number of aromatic nitrogens is 2. The summed E-state index contributed by atoms with van der Waals surface area (Å²) in [4.78, 5) is 20.7. The minimum atomic E-state index is -0.166. The highest BCUT2D eigenvalue weighted by molar-refractivity contribution is 6.04. The lowest BCUT2D eigenvalue weighted by Gasteiger charge is -2.09. The minimum absolute atomic E-state index is 0.166. The van der Waals surface area contributed by atoms with Crippen molar-refractivity contribution in [2.75, 3.05) is 17.2 Å². The quantitative estimate of drug-likeness (QED) is 0.896. The SMILES string of the molecule is CCNc1cc(C(=O)Nc2ccc(C)nc2C)ccn1. The number of hydrogen-bond donors (Lipinski definition) is 2. The van der Waals surface area contributed by atoms with Gasteiger partial charge in [-0.3, -0.25) is 9.78 Å². The molecule has 0 spiro atoms. The molecule has 20 heavy (non-hydrogen) atoms. The van der Waals surface area contributed by atoms with Gasteiger partial charge in [-0.2, -0.15) is 0 Å². The molecule has 2 rings (SSSR count). The zero-order valence-corrected chi connectivity index (χ0v) is 11.9. The fourth-order valence-corrected chi connectivity index (χ4v) is 1.86. The molecule has 0 aliphatic heterocycles. The molecule has 5 heteroatoms. The van der Waals surface area contributed by atoms with Gasteiger partial charge in [0.1, 0.15) is 5.82 Å². The van der Waals surface area contributed by atoms with Crippen LogP contribution in [0.3, 0.4) is 0 Å². The Morgan fingerprint density at radius 3 is 2.75 bits per heavy atom. The standard InChI is InChI=1S/C15H18N4O/c1-4-16-14-9-12(7-8-17-14)15(20)19-13-6-5-10(2)18-11(13)3/h5-9H,4H2,1-3H3,(H,16,17)(H,19,20). The Morgan fingerprint density at radius 2 is 2.05 bits per heavy atom. The summed E-state index contributed by atoms with van der Waals surface area (Å²) in [6.07, 6.45) is 1.62. The van der Waals surface area contributed by atoms with Crippen LogP contribution < -0.4 is 10.6 Å². The van der Waals surface area contributed by atoms with Crippen molar-refractivity contribution in [3.8, 4) is 0 Å². The van der Waals surface area contributed by atoms with Gasteiger partial charge in [0.05, 0.1) is 11.4 Å². The molecule has 2 heterocycles. The van der Waals surface area contributed by atoms with Gasteiger partial charge in [-0.1, -0.05) is 0 Å². The molecule has 0 bridgehead atoms. The van der Waals surface area contributed by atoms with Crippen LogP contribution in [0, 0.1) is 13.8 Å². The summed E-state index contributed by atoms with van der Waals surface area (Å²) >= 11 is 0. The molecule has 0 radical (unpaired) electrons. The fourth-order valence-electron chi connectivity index (χ4n) is 1.86. The Bertz CT molecular complexity index is 625. The van der Waals surface area contributed by atoms with E-state index in [9.17, 15) is 4.79 Å². The highest BCUT2D eigenvalue weighted by Crippen LogP contribution is 2.15. The van der Waals surface area contributed by atoms with Crippen molar-refractivity contribution in [2.45, 2.75) is 20.8 Å². The summed E-state index contributed by atoms with van der Waals surface area (Å²) in [6.45, 7) is 6.54. The van der Waals surface area contributed by atoms with E-state index in [2.05, 4.69) is 20.6 Å². The Morgan fingerprint density at radius 1 is 1.25 bits per heavy atom. The van der Waals surface area contributed by atoms with E-state index >= 15 is 0 Å². The maximum Gasteiger partial charge on any atom is 0.255 e. The first kappa shape index (κ1) is 14.0. The minimum Gasteiger partial charge on any atom is -0.370 e. The number of aryl methyl sites for hydroxylation is 2. The zero-order chi connectivity index (χ0) is 14.5. The third kappa shape index (κ3) is 3.32. The molecule has 0 aliphatic carbocycles. The molecule has 2 aromatic heterocycles. The number of nitrogens with one attached hydrogen (secondary N) is 2. The number of amides is 1. The predicted molar refractivity (Wildman–Crippen MR) is 80.1 cm³/mol. The van der Waals surface area contributed by atoms with Gasteiger partial charge in [0.25, 0.3) is 5.91 Å². The number of rotatable bonds is 4. The Hall–Kier alpha value is -2.43. The number of carbonyl (C=O) groups is 1. The van der Waals surface area contributed by atoms with E-state index in [1.54, 1.807) is 18.3 Å². The van der Waals surface area contributed by atoms with Gasteiger partial charge in [0, 0.05) is 24.0 Å². The lowest BCUT2D eigenvalue weighted by molar-refractivity contribution is 0.102. The van der Waals surface area contributed by atoms with E-state index < -0.39 is 0 Å². The third-order valence-corrected chi connectivity index (χ3v) is 2.85. The summed E-state index contributed by atoms with van der Waals surface area (Å²) in [7, 11) is 0. The summed E-state index contributed by atoms with van der Waals surface area (Å²) in [5.41, 5.74) is 3.02. The summed E-state index contributed by atoms with van der Waals surface area (Å²) in [6, 6.07) is 7.16. The number of pyridine rings is 2. The molecule has 104 valence electrons. The van der Waals surface area contributed by atoms with Crippen molar-refractivity contribution < 1.29 is 4.79 Å². The van der Waals surface area contributed by atoms with Gasteiger partial charge in [-0.15, -0.1) is 0 Å². The second-order valence-electron chi connectivity index (χ2n) is 4.50. The maximum atomic E-state index is 12.2. The summed E-state index contributed by atoms with van der Waals surface area (Å²) < 4.78 is 0. The topological polar surface area (TPSA) is 66.9 Å². The number of hydrogen-bond acceptors (Lipinski definition) is 4. The van der Waals surface area contributed by atoms with Crippen LogP contribution in [0.5, 0.6) is 0 Å². The molecular weight excluding hydrogens is 252 g/mol. The molecular formula is C15H18N4O. The van der Waals surface area contributed by atoms with Gasteiger partial charge < -0.3 is 10.6 Å². The highest BCUT2D eigenvalue weighted by Gasteiger charge is 2.09. The molecule has 2 aromatic rings. The third-order valence-electron chi connectivity index (χ3n) is 2.85. The van der Waals surface area contributed by atoms with Crippen LogP contribution in [0.25, 0.3) is 0 Å². The van der Waals surface area contributed by atoms with Crippen LogP contribution in [0.15, 0.2) is 30.5 Å². The van der Waals surface area contributed by atoms with Crippen LogP contribution >= 0.6 is 0 Å². The lowest BCUT2D eigenvalue weighted by Crippen LogP contribution is -2.14. The van der Waals surface area contributed by atoms with Gasteiger partial charge in [-0.05, 0) is 45.0 Å². The van der Waals surface area contributed by atoms with Crippen molar-refractivity contribution in [1.29, 1.82) is 0 Å². The number of nitrogens with zero attached hydrogens (tertiary/aromatic N) is 2. The second-order valence-corrected chi connectivity index (χ2v) is 4.50. The van der Waals surface area contributed by atoms with E-state index in [1.807, 2.05) is 32.9 Å². The van der Waals surface area contributed by atoms with Crippen molar-refractivity contribution in [2.24, 2.45) is 0 Å². The second kappa shape index (κ2) is 6.14. The van der Waals surface area contributed by atoms with E-state index in [0.29, 0.717) is 11.4 Å². The van der Waals surface area contributed by atoms with Crippen LogP contribution in [-0.2, 0) is 0 Å². The molecule has 1 amide bonds. The van der Waals surface area contributed by atoms with Gasteiger partial charge >= 0.3 is 0 Å². The van der Waals surface area contributed by atoms with Crippen LogP contribution in [0.1, 0.15) is 28.7 Å². The molecule has 0 saturated carbocycles. The summed E-state index contributed by atoms with van der Waals surface area (Å²) in [5.74, 6) is 0.527. The van der Waals surface area contributed by atoms with Crippen LogP contribution in [-0.4, -0.2) is 22.4 Å². The Labute approximate surface area is 118 Å². The molecule has 0 aromatic carbocycles. The van der Waals surface area contributed by atoms with E-state index in [0.717, 1.165) is 23.6 Å². The molecule has 0 aliphatic rings. The summed E-state index contributed by atoms with van der Waals surface area (Å²) in [5, 5.41) is 5.95. The molecule has 0 unspecified atom stereocenters. The van der Waals surface area contributed by atoms with Crippen molar-refractivity contribution in [3.05, 3.63) is 47.4 Å². The number of anilines is 2. The maximum absolute atomic E-state index is 12.2. The van der Waals surface area contributed by atoms with Gasteiger partial charge in [0.15, 0.2) is 0 Å². The lowest BCUT2D eigenvalue weighted by atomic mass is 10.2. The van der Waals surface area contributed by atoms with E-state index in [4.69, 9.17) is 0 Å². The smallest absolute Gasteiger partial charge is 0.255 e. The number of carbonyl (C=O) groups excluding carboxylic acids is 1. The molecule has 5 nitrogen and oxygen atoms in total. The first-order valence-electron chi connectivity index (χ1n) is 6.55. The zero-order valence-electron chi connectivity index (χ0n) is 11.9. The first-order chi connectivity index (χ1) is 9.60. The Kier molecular flexibility index (Phi) is 4.30. The normalized spacial score (nSPS) is 10.2. The van der Waals surface area contributed by atoms with E-state index in [1.165, 1.54) is 0 Å². The molecule has 0 saturated heterocycles. The van der Waals surface area contributed by atoms with Gasteiger partial charge in [0.2, 0.25) is 0 Å².